The molecule has 0 saturated heterocycles. The first kappa shape index (κ1) is 14.6. The van der Waals surface area contributed by atoms with Crippen LogP contribution in [0.1, 0.15) is 23.7 Å². The molecule has 1 unspecified atom stereocenters. The fourth-order valence-corrected chi connectivity index (χ4v) is 3.08. The monoisotopic (exact) mass is 323 g/mol. The molecule has 1 aromatic carbocycles. The molecule has 8 nitrogen and oxygen atoms in total. The lowest BCUT2D eigenvalue weighted by Gasteiger charge is -2.25. The third-order valence-corrected chi connectivity index (χ3v) is 4.27. The average molecular weight is 323 g/mol. The van der Waals surface area contributed by atoms with Gasteiger partial charge in [-0.05, 0) is 22.4 Å². The first-order chi connectivity index (χ1) is 11.8. The van der Waals surface area contributed by atoms with Crippen molar-refractivity contribution < 1.29 is 4.79 Å². The Morgan fingerprint density at radius 1 is 1.12 bits per heavy atom. The van der Waals surface area contributed by atoms with Gasteiger partial charge in [0.15, 0.2) is 6.04 Å². The maximum Gasteiger partial charge on any atom is 0.252 e. The van der Waals surface area contributed by atoms with Crippen molar-refractivity contribution in [3.8, 4) is 0 Å². The molecule has 0 N–H and O–H groups in total. The zero-order chi connectivity index (χ0) is 16.4. The zero-order valence-electron chi connectivity index (χ0n) is 13.1. The van der Waals surface area contributed by atoms with Crippen molar-refractivity contribution in [2.45, 2.75) is 25.6 Å². The Morgan fingerprint density at radius 2 is 2.00 bits per heavy atom. The maximum absolute atomic E-state index is 13.3. The van der Waals surface area contributed by atoms with Crippen LogP contribution in [0, 0.1) is 0 Å². The van der Waals surface area contributed by atoms with Gasteiger partial charge in [0.2, 0.25) is 0 Å². The number of hydrogen-bond acceptors (Lipinski definition) is 5. The summed E-state index contributed by atoms with van der Waals surface area (Å²) >= 11 is 0. The lowest BCUT2D eigenvalue weighted by atomic mass is 10.1. The molecule has 122 valence electrons. The second-order valence-corrected chi connectivity index (χ2v) is 5.79. The third-order valence-electron chi connectivity index (χ3n) is 4.27. The van der Waals surface area contributed by atoms with E-state index in [-0.39, 0.29) is 5.91 Å². The van der Waals surface area contributed by atoms with Crippen molar-refractivity contribution in [3.05, 3.63) is 60.4 Å². The highest BCUT2D eigenvalue weighted by Gasteiger charge is 2.30. The Kier molecular flexibility index (Phi) is 3.78. The normalized spacial score (nSPS) is 15.6. The molecule has 0 fully saturated rings. The van der Waals surface area contributed by atoms with Gasteiger partial charge in [0, 0.05) is 19.3 Å². The number of rotatable bonds is 3. The highest BCUT2D eigenvalue weighted by molar-refractivity contribution is 5.83. The number of hydrogen-bond donors (Lipinski definition) is 0. The van der Waals surface area contributed by atoms with Crippen LogP contribution in [-0.4, -0.2) is 47.1 Å². The number of nitrogens with zero attached hydrogens (tertiary/aromatic N) is 7. The first-order valence-corrected chi connectivity index (χ1v) is 7.88. The van der Waals surface area contributed by atoms with Crippen LogP contribution in [0.4, 0.5) is 0 Å². The van der Waals surface area contributed by atoms with Crippen molar-refractivity contribution in [2.75, 3.05) is 6.54 Å². The molecule has 24 heavy (non-hydrogen) atoms. The number of carbonyl (C=O) groups excluding carboxylic acids is 1. The molecule has 0 saturated carbocycles. The summed E-state index contributed by atoms with van der Waals surface area (Å²) < 4.78 is 3.61. The van der Waals surface area contributed by atoms with Gasteiger partial charge in [-0.2, -0.15) is 0 Å². The second kappa shape index (κ2) is 6.23. The Bertz CT molecular complexity index is 812. The molecule has 8 heteroatoms. The molecular formula is C16H17N7O. The van der Waals surface area contributed by atoms with Crippen molar-refractivity contribution in [1.82, 2.24) is 34.7 Å². The molecule has 0 aliphatic carbocycles. The molecule has 1 aliphatic heterocycles. The minimum absolute atomic E-state index is 0.0110. The summed E-state index contributed by atoms with van der Waals surface area (Å²) in [6, 6.07) is 9.04. The van der Waals surface area contributed by atoms with E-state index >= 15 is 0 Å². The van der Waals surface area contributed by atoms with Crippen LogP contribution in [0.2, 0.25) is 0 Å². The number of amides is 1. The van der Waals surface area contributed by atoms with Crippen molar-refractivity contribution in [3.63, 3.8) is 0 Å². The SMILES string of the molecule is O=C(C(c1ccccc1)n1cnnn1)N1CCCn2cncc2C1. The molecule has 1 aliphatic rings. The summed E-state index contributed by atoms with van der Waals surface area (Å²) in [5.41, 5.74) is 1.91. The molecule has 4 rings (SSSR count). The zero-order valence-corrected chi connectivity index (χ0v) is 13.1. The summed E-state index contributed by atoms with van der Waals surface area (Å²) in [7, 11) is 0. The Balaban J connectivity index is 1.67. The minimum Gasteiger partial charge on any atom is -0.335 e. The number of carbonyl (C=O) groups is 1. The lowest BCUT2D eigenvalue weighted by Crippen LogP contribution is -2.38. The highest BCUT2D eigenvalue weighted by atomic mass is 16.2. The summed E-state index contributed by atoms with van der Waals surface area (Å²) in [5.74, 6) is -0.0110. The van der Waals surface area contributed by atoms with Crippen LogP contribution in [0.5, 0.6) is 0 Å². The number of aryl methyl sites for hydroxylation is 1. The Labute approximate surface area is 138 Å². The second-order valence-electron chi connectivity index (χ2n) is 5.79. The molecule has 2 aromatic heterocycles. The lowest BCUT2D eigenvalue weighted by molar-refractivity contribution is -0.134. The van der Waals surface area contributed by atoms with Gasteiger partial charge in [0.05, 0.1) is 18.6 Å². The van der Waals surface area contributed by atoms with Crippen molar-refractivity contribution in [1.29, 1.82) is 0 Å². The van der Waals surface area contributed by atoms with Gasteiger partial charge in [-0.25, -0.2) is 9.67 Å². The van der Waals surface area contributed by atoms with Crippen LogP contribution >= 0.6 is 0 Å². The highest BCUT2D eigenvalue weighted by Crippen LogP contribution is 2.22. The van der Waals surface area contributed by atoms with Crippen LogP contribution in [0.15, 0.2) is 49.2 Å². The predicted molar refractivity (Wildman–Crippen MR) is 84.7 cm³/mol. The van der Waals surface area contributed by atoms with E-state index in [0.717, 1.165) is 24.2 Å². The van der Waals surface area contributed by atoms with E-state index in [2.05, 4.69) is 25.1 Å². The number of imidazole rings is 1. The number of aromatic nitrogens is 6. The quantitative estimate of drug-likeness (QED) is 0.715. The van der Waals surface area contributed by atoms with E-state index in [4.69, 9.17) is 0 Å². The molecule has 1 amide bonds. The first-order valence-electron chi connectivity index (χ1n) is 7.88. The summed E-state index contributed by atoms with van der Waals surface area (Å²) in [6.07, 6.45) is 6.02. The van der Waals surface area contributed by atoms with Crippen LogP contribution in [0.25, 0.3) is 0 Å². The smallest absolute Gasteiger partial charge is 0.252 e. The van der Waals surface area contributed by atoms with E-state index in [1.54, 1.807) is 0 Å². The Hall–Kier alpha value is -3.03. The van der Waals surface area contributed by atoms with E-state index < -0.39 is 6.04 Å². The van der Waals surface area contributed by atoms with Gasteiger partial charge in [0.1, 0.15) is 6.33 Å². The molecule has 0 bridgehead atoms. The fourth-order valence-electron chi connectivity index (χ4n) is 3.08. The maximum atomic E-state index is 13.3. The fraction of sp³-hybridized carbons (Fsp3) is 0.312. The van der Waals surface area contributed by atoms with E-state index in [1.807, 2.05) is 47.8 Å². The largest absolute Gasteiger partial charge is 0.335 e. The molecule has 3 aromatic rings. The van der Waals surface area contributed by atoms with Crippen LogP contribution in [0.3, 0.4) is 0 Å². The topological polar surface area (TPSA) is 81.7 Å². The van der Waals surface area contributed by atoms with Crippen LogP contribution < -0.4 is 0 Å². The van der Waals surface area contributed by atoms with Crippen molar-refractivity contribution in [2.24, 2.45) is 0 Å². The van der Waals surface area contributed by atoms with E-state index in [0.29, 0.717) is 13.1 Å². The molecule has 3 heterocycles. The number of tetrazole rings is 1. The molecule has 1 atom stereocenters. The molecular weight excluding hydrogens is 306 g/mol. The summed E-state index contributed by atoms with van der Waals surface area (Å²) in [6.45, 7) is 2.12. The number of fused-ring (bicyclic) bond motifs is 1. The third kappa shape index (κ3) is 2.66. The Morgan fingerprint density at radius 3 is 2.79 bits per heavy atom. The van der Waals surface area contributed by atoms with E-state index in [9.17, 15) is 4.79 Å². The van der Waals surface area contributed by atoms with Gasteiger partial charge in [-0.1, -0.05) is 30.3 Å². The van der Waals surface area contributed by atoms with Gasteiger partial charge in [-0.15, -0.1) is 5.10 Å². The van der Waals surface area contributed by atoms with Gasteiger partial charge < -0.3 is 9.47 Å². The van der Waals surface area contributed by atoms with Gasteiger partial charge in [-0.3, -0.25) is 4.79 Å². The van der Waals surface area contributed by atoms with Crippen molar-refractivity contribution >= 4 is 5.91 Å². The van der Waals surface area contributed by atoms with Gasteiger partial charge >= 0.3 is 0 Å². The van der Waals surface area contributed by atoms with Gasteiger partial charge in [0.25, 0.3) is 5.91 Å². The summed E-state index contributed by atoms with van der Waals surface area (Å²) in [4.78, 5) is 19.3. The predicted octanol–water partition coefficient (Wildman–Crippen LogP) is 0.891. The minimum atomic E-state index is -0.560. The molecule has 0 radical (unpaired) electrons. The van der Waals surface area contributed by atoms with E-state index in [1.165, 1.54) is 11.0 Å². The average Bonchev–Trinajstić information content (AvgIpc) is 3.24. The van der Waals surface area contributed by atoms with Crippen LogP contribution in [-0.2, 0) is 17.9 Å². The standard InChI is InChI=1S/C16H17N7O/c24-16(21-7-4-8-22-11-17-9-14(22)10-21)15(23-12-18-19-20-23)13-5-2-1-3-6-13/h1-3,5-6,9,11-12,15H,4,7-8,10H2. The number of benzene rings is 1. The summed E-state index contributed by atoms with van der Waals surface area (Å²) in [5, 5.41) is 11.3. The molecule has 0 spiro atoms.